The first-order valence-corrected chi connectivity index (χ1v) is 10.2. The van der Waals surface area contributed by atoms with Gasteiger partial charge in [0.25, 0.3) is 5.91 Å². The Balaban J connectivity index is 1.64. The van der Waals surface area contributed by atoms with Crippen molar-refractivity contribution in [2.24, 2.45) is 5.92 Å². The predicted octanol–water partition coefficient (Wildman–Crippen LogP) is 2.03. The van der Waals surface area contributed by atoms with E-state index in [9.17, 15) is 14.1 Å². The van der Waals surface area contributed by atoms with E-state index in [0.29, 0.717) is 11.5 Å². The molecular weight excluding hydrogens is 357 g/mol. The molecule has 1 amide bonds. The summed E-state index contributed by atoms with van der Waals surface area (Å²) in [6.45, 7) is 5.04. The van der Waals surface area contributed by atoms with Crippen LogP contribution in [-0.2, 0) is 16.0 Å². The molecule has 0 radical (unpaired) electrons. The van der Waals surface area contributed by atoms with Crippen LogP contribution in [0, 0.1) is 11.7 Å². The van der Waals surface area contributed by atoms with Crippen molar-refractivity contribution in [1.82, 2.24) is 10.0 Å². The minimum atomic E-state index is -1.86. The summed E-state index contributed by atoms with van der Waals surface area (Å²) in [5.74, 6) is -0.317. The summed E-state index contributed by atoms with van der Waals surface area (Å²) in [6, 6.07) is 1.82. The summed E-state index contributed by atoms with van der Waals surface area (Å²) in [4.78, 5) is 11.5. The van der Waals surface area contributed by atoms with Gasteiger partial charge in [0.15, 0.2) is 5.82 Å². The van der Waals surface area contributed by atoms with Gasteiger partial charge in [0.2, 0.25) is 11.2 Å². The number of amides is 1. The summed E-state index contributed by atoms with van der Waals surface area (Å²) in [7, 11) is 0. The molecule has 6 nitrogen and oxygen atoms in total. The number of hydrogen-bond acceptors (Lipinski definition) is 4. The molecule has 3 aliphatic rings. The molecule has 26 heavy (non-hydrogen) atoms. The standard InChI is InChI=1S/C18H24FN3O3S/c1-9(2)3-4-20-13-6-10-5-12(13)16-11(10)7-14(23)18(17(16)19)22-8-15(24)21-26(22)25/h7,9-10,12-13,20,23H,3-6,8H2,1-2H3,(H,21,24). The highest BCUT2D eigenvalue weighted by Gasteiger charge is 2.47. The van der Waals surface area contributed by atoms with Crippen molar-refractivity contribution in [2.75, 3.05) is 17.4 Å². The number of anilines is 1. The molecule has 0 aromatic heterocycles. The molecule has 142 valence electrons. The number of carbonyl (C=O) groups is 1. The van der Waals surface area contributed by atoms with Gasteiger partial charge in [-0.3, -0.25) is 13.8 Å². The van der Waals surface area contributed by atoms with Crippen LogP contribution in [0.1, 0.15) is 56.1 Å². The topological polar surface area (TPSA) is 81.7 Å². The lowest BCUT2D eigenvalue weighted by atomic mass is 9.87. The fourth-order valence-corrected chi connectivity index (χ4v) is 5.49. The Labute approximate surface area is 154 Å². The molecule has 0 spiro atoms. The second kappa shape index (κ2) is 6.49. The van der Waals surface area contributed by atoms with Crippen LogP contribution >= 0.6 is 0 Å². The number of halogens is 1. The van der Waals surface area contributed by atoms with Crippen LogP contribution in [0.2, 0.25) is 0 Å². The fraction of sp³-hybridized carbons (Fsp3) is 0.611. The van der Waals surface area contributed by atoms with Gasteiger partial charge >= 0.3 is 0 Å². The Kier molecular flexibility index (Phi) is 4.43. The Hall–Kier alpha value is -1.67. The quantitative estimate of drug-likeness (QED) is 0.729. The predicted molar refractivity (Wildman–Crippen MR) is 97.7 cm³/mol. The number of phenols is 1. The molecule has 1 aromatic carbocycles. The number of nitrogens with one attached hydrogen (secondary N) is 2. The van der Waals surface area contributed by atoms with E-state index in [0.717, 1.165) is 35.7 Å². The monoisotopic (exact) mass is 381 g/mol. The molecule has 8 heteroatoms. The van der Waals surface area contributed by atoms with E-state index in [1.54, 1.807) is 6.07 Å². The van der Waals surface area contributed by atoms with E-state index in [1.807, 2.05) is 0 Å². The van der Waals surface area contributed by atoms with Gasteiger partial charge in [0.1, 0.15) is 18.0 Å². The van der Waals surface area contributed by atoms with Crippen molar-refractivity contribution >= 4 is 22.8 Å². The third-order valence-corrected chi connectivity index (χ3v) is 6.84. The smallest absolute Gasteiger partial charge is 0.253 e. The molecule has 2 aliphatic carbocycles. The van der Waals surface area contributed by atoms with Crippen LogP contribution in [0.4, 0.5) is 10.1 Å². The van der Waals surface area contributed by atoms with E-state index < -0.39 is 22.9 Å². The molecule has 2 bridgehead atoms. The van der Waals surface area contributed by atoms with E-state index in [2.05, 4.69) is 23.9 Å². The summed E-state index contributed by atoms with van der Waals surface area (Å²) < 4.78 is 30.7. The zero-order valence-corrected chi connectivity index (χ0v) is 15.7. The van der Waals surface area contributed by atoms with Gasteiger partial charge in [-0.15, -0.1) is 0 Å². The van der Waals surface area contributed by atoms with E-state index in [-0.39, 0.29) is 35.9 Å². The van der Waals surface area contributed by atoms with Crippen LogP contribution in [0.15, 0.2) is 6.07 Å². The van der Waals surface area contributed by atoms with Crippen molar-refractivity contribution in [3.05, 3.63) is 23.0 Å². The number of hydrogen-bond donors (Lipinski definition) is 3. The van der Waals surface area contributed by atoms with Crippen molar-refractivity contribution < 1.29 is 18.5 Å². The van der Waals surface area contributed by atoms with Crippen LogP contribution in [0.5, 0.6) is 5.75 Å². The summed E-state index contributed by atoms with van der Waals surface area (Å²) in [5, 5.41) is 13.9. The molecule has 1 aliphatic heterocycles. The number of phenolic OH excluding ortho intramolecular Hbond substituents is 1. The molecular formula is C18H24FN3O3S. The third kappa shape index (κ3) is 2.79. The highest BCUT2D eigenvalue weighted by atomic mass is 32.2. The van der Waals surface area contributed by atoms with Gasteiger partial charge in [-0.05, 0) is 54.8 Å². The maximum Gasteiger partial charge on any atom is 0.253 e. The first-order valence-electron chi connectivity index (χ1n) is 9.14. The molecule has 3 N–H and O–H groups in total. The Bertz CT molecular complexity index is 785. The first kappa shape index (κ1) is 17.7. The Morgan fingerprint density at radius 1 is 1.46 bits per heavy atom. The minimum absolute atomic E-state index is 0.0567. The zero-order valence-electron chi connectivity index (χ0n) is 14.9. The number of carbonyl (C=O) groups excluding carboxylic acids is 1. The zero-order chi connectivity index (χ0) is 18.6. The number of nitrogens with zero attached hydrogens (tertiary/aromatic N) is 1. The second-order valence-corrected chi connectivity index (χ2v) is 9.03. The highest BCUT2D eigenvalue weighted by molar-refractivity contribution is 7.85. The first-order chi connectivity index (χ1) is 12.4. The van der Waals surface area contributed by atoms with Gasteiger partial charge in [-0.2, -0.15) is 0 Å². The minimum Gasteiger partial charge on any atom is -0.506 e. The molecule has 1 aromatic rings. The summed E-state index contributed by atoms with van der Waals surface area (Å²) in [5.41, 5.74) is 1.35. The SMILES string of the molecule is CC(C)CCNC1CC2CC1c1c2cc(O)c(N2CC(=O)NS2=O)c1F. The van der Waals surface area contributed by atoms with E-state index in [4.69, 9.17) is 0 Å². The molecule has 2 fully saturated rings. The van der Waals surface area contributed by atoms with Crippen LogP contribution in [0.3, 0.4) is 0 Å². The van der Waals surface area contributed by atoms with Crippen molar-refractivity contribution in [2.45, 2.75) is 51.0 Å². The highest BCUT2D eigenvalue weighted by Crippen LogP contribution is 2.56. The fourth-order valence-electron chi connectivity index (χ4n) is 4.54. The van der Waals surface area contributed by atoms with Crippen LogP contribution in [-0.4, -0.2) is 34.4 Å². The molecule has 1 heterocycles. The maximum absolute atomic E-state index is 15.4. The summed E-state index contributed by atoms with van der Waals surface area (Å²) in [6.07, 6.45) is 2.89. The van der Waals surface area contributed by atoms with Gasteiger partial charge < -0.3 is 10.4 Å². The normalized spacial score (nSPS) is 29.5. The number of benzene rings is 1. The molecule has 4 atom stereocenters. The number of rotatable bonds is 5. The molecule has 4 unspecified atom stereocenters. The van der Waals surface area contributed by atoms with Crippen LogP contribution < -0.4 is 14.3 Å². The number of aromatic hydroxyl groups is 1. The van der Waals surface area contributed by atoms with E-state index >= 15 is 4.39 Å². The second-order valence-electron chi connectivity index (χ2n) is 7.89. The Morgan fingerprint density at radius 2 is 2.23 bits per heavy atom. The van der Waals surface area contributed by atoms with Crippen molar-refractivity contribution in [1.29, 1.82) is 0 Å². The van der Waals surface area contributed by atoms with Crippen molar-refractivity contribution in [3.8, 4) is 5.75 Å². The van der Waals surface area contributed by atoms with Gasteiger partial charge in [0.05, 0.1) is 0 Å². The van der Waals surface area contributed by atoms with Gasteiger partial charge in [0, 0.05) is 12.0 Å². The van der Waals surface area contributed by atoms with Gasteiger partial charge in [-0.25, -0.2) is 8.60 Å². The number of fused-ring (bicyclic) bond motifs is 5. The molecule has 1 saturated heterocycles. The lowest BCUT2D eigenvalue weighted by Crippen LogP contribution is -2.35. The third-order valence-electron chi connectivity index (χ3n) is 5.73. The van der Waals surface area contributed by atoms with Crippen LogP contribution in [0.25, 0.3) is 0 Å². The van der Waals surface area contributed by atoms with Gasteiger partial charge in [-0.1, -0.05) is 13.8 Å². The average Bonchev–Trinajstić information content (AvgIpc) is 3.20. The lowest BCUT2D eigenvalue weighted by molar-refractivity contribution is -0.117. The average molecular weight is 381 g/mol. The van der Waals surface area contributed by atoms with Crippen molar-refractivity contribution in [3.63, 3.8) is 0 Å². The largest absolute Gasteiger partial charge is 0.506 e. The summed E-state index contributed by atoms with van der Waals surface area (Å²) >= 11 is -1.86. The molecule has 4 rings (SSSR count). The maximum atomic E-state index is 15.4. The van der Waals surface area contributed by atoms with E-state index in [1.165, 1.54) is 0 Å². The molecule has 1 saturated carbocycles. The Morgan fingerprint density at radius 3 is 2.88 bits per heavy atom. The lowest BCUT2D eigenvalue weighted by Gasteiger charge is -2.28.